The molecule has 0 aliphatic heterocycles. The SMILES string of the molecule is Cc1ccccc1N(CCCC(=O)N(Cc1ccccc1)[C@@H](Cc1ccccc1)C(=O)NC(C)C)S(C)(=O)=O. The third-order valence-electron chi connectivity index (χ3n) is 6.43. The van der Waals surface area contributed by atoms with E-state index in [1.807, 2.05) is 93.6 Å². The number of carbonyl (C=O) groups excluding carboxylic acids is 2. The van der Waals surface area contributed by atoms with E-state index < -0.39 is 16.1 Å². The van der Waals surface area contributed by atoms with Crippen molar-refractivity contribution in [2.75, 3.05) is 17.1 Å². The number of hydrogen-bond acceptors (Lipinski definition) is 4. The lowest BCUT2D eigenvalue weighted by molar-refractivity contribution is -0.141. The van der Waals surface area contributed by atoms with E-state index in [9.17, 15) is 18.0 Å². The Morgan fingerprint density at radius 2 is 1.41 bits per heavy atom. The maximum absolute atomic E-state index is 13.8. The van der Waals surface area contributed by atoms with E-state index >= 15 is 0 Å². The Balaban J connectivity index is 1.86. The summed E-state index contributed by atoms with van der Waals surface area (Å²) in [4.78, 5) is 28.9. The van der Waals surface area contributed by atoms with Crippen molar-refractivity contribution in [1.82, 2.24) is 10.2 Å². The molecule has 3 rings (SSSR count). The average Bonchev–Trinajstić information content (AvgIpc) is 2.89. The highest BCUT2D eigenvalue weighted by Gasteiger charge is 2.31. The van der Waals surface area contributed by atoms with Gasteiger partial charge >= 0.3 is 0 Å². The summed E-state index contributed by atoms with van der Waals surface area (Å²) in [6.45, 7) is 6.09. The van der Waals surface area contributed by atoms with Crippen molar-refractivity contribution in [2.24, 2.45) is 0 Å². The van der Waals surface area contributed by atoms with Gasteiger partial charge in [0.1, 0.15) is 6.04 Å². The van der Waals surface area contributed by atoms with E-state index in [1.54, 1.807) is 17.0 Å². The fourth-order valence-corrected chi connectivity index (χ4v) is 5.56. The van der Waals surface area contributed by atoms with Gasteiger partial charge in [0.05, 0.1) is 11.9 Å². The number of anilines is 1. The number of nitrogens with zero attached hydrogens (tertiary/aromatic N) is 2. The van der Waals surface area contributed by atoms with Gasteiger partial charge in [-0.2, -0.15) is 0 Å². The normalized spacial score (nSPS) is 12.1. The van der Waals surface area contributed by atoms with Crippen molar-refractivity contribution in [3.8, 4) is 0 Å². The minimum atomic E-state index is -3.55. The predicted octanol–water partition coefficient (Wildman–Crippen LogP) is 4.71. The Hall–Kier alpha value is -3.65. The van der Waals surface area contributed by atoms with E-state index in [2.05, 4.69) is 5.32 Å². The van der Waals surface area contributed by atoms with Crippen LogP contribution < -0.4 is 9.62 Å². The lowest BCUT2D eigenvalue weighted by atomic mass is 10.0. The van der Waals surface area contributed by atoms with Gasteiger partial charge in [0.25, 0.3) is 0 Å². The molecule has 39 heavy (non-hydrogen) atoms. The first-order valence-corrected chi connectivity index (χ1v) is 15.1. The molecule has 1 atom stereocenters. The van der Waals surface area contributed by atoms with Crippen molar-refractivity contribution in [2.45, 2.75) is 58.7 Å². The molecule has 2 amide bonds. The van der Waals surface area contributed by atoms with Crippen molar-refractivity contribution in [1.29, 1.82) is 0 Å². The molecule has 0 radical (unpaired) electrons. The highest BCUT2D eigenvalue weighted by Crippen LogP contribution is 2.23. The van der Waals surface area contributed by atoms with Crippen LogP contribution in [0, 0.1) is 6.92 Å². The van der Waals surface area contributed by atoms with Crippen LogP contribution in [0.1, 0.15) is 43.4 Å². The third kappa shape index (κ3) is 8.96. The van der Waals surface area contributed by atoms with Crippen molar-refractivity contribution >= 4 is 27.5 Å². The van der Waals surface area contributed by atoms with Crippen LogP contribution in [0.5, 0.6) is 0 Å². The van der Waals surface area contributed by atoms with Gasteiger partial charge in [-0.1, -0.05) is 78.9 Å². The zero-order chi connectivity index (χ0) is 28.4. The quantitative estimate of drug-likeness (QED) is 0.335. The van der Waals surface area contributed by atoms with Crippen LogP contribution in [0.2, 0.25) is 0 Å². The van der Waals surface area contributed by atoms with Crippen molar-refractivity contribution in [3.05, 3.63) is 102 Å². The Kier molecular flexibility index (Phi) is 10.7. The van der Waals surface area contributed by atoms with E-state index in [0.29, 0.717) is 18.5 Å². The van der Waals surface area contributed by atoms with Gasteiger partial charge in [-0.25, -0.2) is 8.42 Å². The lowest BCUT2D eigenvalue weighted by Crippen LogP contribution is -2.51. The van der Waals surface area contributed by atoms with Crippen LogP contribution in [-0.4, -0.2) is 50.0 Å². The number of carbonyl (C=O) groups is 2. The van der Waals surface area contributed by atoms with Gasteiger partial charge in [0, 0.05) is 32.0 Å². The number of aryl methyl sites for hydroxylation is 1. The number of amides is 2. The second kappa shape index (κ2) is 13.9. The van der Waals surface area contributed by atoms with Gasteiger partial charge in [0.15, 0.2) is 0 Å². The third-order valence-corrected chi connectivity index (χ3v) is 7.61. The minimum absolute atomic E-state index is 0.0816. The molecule has 0 fully saturated rings. The van der Waals surface area contributed by atoms with Crippen LogP contribution in [0.3, 0.4) is 0 Å². The van der Waals surface area contributed by atoms with Crippen LogP contribution in [0.4, 0.5) is 5.69 Å². The molecule has 1 N–H and O–H groups in total. The monoisotopic (exact) mass is 549 g/mol. The van der Waals surface area contributed by atoms with Crippen LogP contribution >= 0.6 is 0 Å². The molecule has 0 heterocycles. The molecule has 0 unspecified atom stereocenters. The smallest absolute Gasteiger partial charge is 0.243 e. The standard InChI is InChI=1S/C31H39N3O4S/c1-24(2)32-31(36)29(22-26-15-7-5-8-16-26)33(23-27-17-9-6-10-18-27)30(35)20-13-21-34(39(4,37)38)28-19-12-11-14-25(28)3/h5-12,14-19,24,29H,13,20-23H2,1-4H3,(H,32,36)/t29-/m0/s1. The van der Waals surface area contributed by atoms with Crippen LogP contribution in [0.15, 0.2) is 84.9 Å². The second-order valence-electron chi connectivity index (χ2n) is 10.1. The molecule has 0 bridgehead atoms. The Labute approximate surface area is 232 Å². The number of nitrogens with one attached hydrogen (secondary N) is 1. The minimum Gasteiger partial charge on any atom is -0.352 e. The molecule has 0 saturated heterocycles. The molecule has 8 heteroatoms. The highest BCUT2D eigenvalue weighted by atomic mass is 32.2. The largest absolute Gasteiger partial charge is 0.352 e. The maximum atomic E-state index is 13.8. The molecule has 7 nitrogen and oxygen atoms in total. The zero-order valence-electron chi connectivity index (χ0n) is 23.2. The van der Waals surface area contributed by atoms with Crippen molar-refractivity contribution in [3.63, 3.8) is 0 Å². The van der Waals surface area contributed by atoms with Crippen LogP contribution in [0.25, 0.3) is 0 Å². The summed E-state index contributed by atoms with van der Waals surface area (Å²) in [6, 6.07) is 25.7. The van der Waals surface area contributed by atoms with E-state index in [1.165, 1.54) is 10.6 Å². The molecular weight excluding hydrogens is 510 g/mol. The highest BCUT2D eigenvalue weighted by molar-refractivity contribution is 7.92. The Morgan fingerprint density at radius 3 is 1.97 bits per heavy atom. The van der Waals surface area contributed by atoms with Gasteiger partial charge in [-0.05, 0) is 49.9 Å². The molecule has 0 saturated carbocycles. The summed E-state index contributed by atoms with van der Waals surface area (Å²) < 4.78 is 26.6. The summed E-state index contributed by atoms with van der Waals surface area (Å²) in [5, 5.41) is 2.99. The molecule has 3 aromatic rings. The average molecular weight is 550 g/mol. The first-order chi connectivity index (χ1) is 18.6. The molecular formula is C31H39N3O4S. The summed E-state index contributed by atoms with van der Waals surface area (Å²) in [5.74, 6) is -0.410. The Bertz CT molecular complexity index is 1330. The number of hydrogen-bond donors (Lipinski definition) is 1. The summed E-state index contributed by atoms with van der Waals surface area (Å²) >= 11 is 0. The number of rotatable bonds is 13. The first kappa shape index (κ1) is 29.9. The molecule has 0 aliphatic carbocycles. The zero-order valence-corrected chi connectivity index (χ0v) is 24.0. The summed E-state index contributed by atoms with van der Waals surface area (Å²) in [6.07, 6.45) is 1.96. The van der Waals surface area contributed by atoms with Gasteiger partial charge in [-0.15, -0.1) is 0 Å². The second-order valence-corrected chi connectivity index (χ2v) is 12.0. The van der Waals surface area contributed by atoms with Gasteiger partial charge < -0.3 is 10.2 Å². The summed E-state index contributed by atoms with van der Waals surface area (Å²) in [5.41, 5.74) is 3.31. The molecule has 0 spiro atoms. The van der Waals surface area contributed by atoms with Gasteiger partial charge in [0.2, 0.25) is 21.8 Å². The van der Waals surface area contributed by atoms with Crippen molar-refractivity contribution < 1.29 is 18.0 Å². The summed E-state index contributed by atoms with van der Waals surface area (Å²) in [7, 11) is -3.55. The maximum Gasteiger partial charge on any atom is 0.243 e. The molecule has 208 valence electrons. The Morgan fingerprint density at radius 1 is 0.846 bits per heavy atom. The fourth-order valence-electron chi connectivity index (χ4n) is 4.54. The fraction of sp³-hybridized carbons (Fsp3) is 0.355. The predicted molar refractivity (Wildman–Crippen MR) is 157 cm³/mol. The topological polar surface area (TPSA) is 86.8 Å². The van der Waals surface area contributed by atoms with Gasteiger partial charge in [-0.3, -0.25) is 13.9 Å². The molecule has 3 aromatic carbocycles. The molecule has 0 aliphatic rings. The van der Waals surface area contributed by atoms with E-state index in [0.717, 1.165) is 16.7 Å². The molecule has 0 aromatic heterocycles. The first-order valence-electron chi connectivity index (χ1n) is 13.3. The number of benzene rings is 3. The van der Waals surface area contributed by atoms with E-state index in [-0.39, 0.29) is 37.4 Å². The van der Waals surface area contributed by atoms with E-state index in [4.69, 9.17) is 0 Å². The number of sulfonamides is 1. The number of para-hydroxylation sites is 1. The van der Waals surface area contributed by atoms with Crippen LogP contribution in [-0.2, 0) is 32.6 Å². The lowest BCUT2D eigenvalue weighted by Gasteiger charge is -2.32.